The number of carboxylic acid groups (broad SMARTS) is 1. The standard InChI is InChI=1S/C18H21NO4/c1-2-19-9-7-18(8-10-19)12-15(20)14-11-13(4-6-17(21)22)3-5-16(14)23-18/h3-6,11H,2,7-10,12H2,1H3,(H,21,22). The normalized spacial score (nSPS) is 20.5. The van der Waals surface area contributed by atoms with Crippen LogP contribution in [0.2, 0.25) is 0 Å². The lowest BCUT2D eigenvalue weighted by atomic mass is 9.82. The van der Waals surface area contributed by atoms with Crippen LogP contribution in [0.1, 0.15) is 42.1 Å². The van der Waals surface area contributed by atoms with Crippen LogP contribution < -0.4 is 4.74 Å². The molecule has 23 heavy (non-hydrogen) atoms. The van der Waals surface area contributed by atoms with E-state index in [1.807, 2.05) is 0 Å². The topological polar surface area (TPSA) is 66.8 Å². The second kappa shape index (κ2) is 6.16. The van der Waals surface area contributed by atoms with Gasteiger partial charge < -0.3 is 14.7 Å². The first-order chi connectivity index (χ1) is 11.0. The number of ketones is 1. The molecule has 0 unspecified atom stereocenters. The fraction of sp³-hybridized carbons (Fsp3) is 0.444. The molecule has 1 aromatic carbocycles. The third-order valence-corrected chi connectivity index (χ3v) is 4.75. The van der Waals surface area contributed by atoms with Crippen LogP contribution >= 0.6 is 0 Å². The fourth-order valence-corrected chi connectivity index (χ4v) is 3.34. The summed E-state index contributed by atoms with van der Waals surface area (Å²) < 4.78 is 6.22. The Hall–Kier alpha value is -2.14. The Labute approximate surface area is 135 Å². The number of Topliss-reactive ketones (excluding diaryl/α,β-unsaturated/α-hetero) is 1. The zero-order valence-corrected chi connectivity index (χ0v) is 13.2. The number of ether oxygens (including phenoxy) is 1. The predicted octanol–water partition coefficient (Wildman–Crippen LogP) is 2.60. The van der Waals surface area contributed by atoms with Gasteiger partial charge in [0.25, 0.3) is 0 Å². The van der Waals surface area contributed by atoms with Crippen LogP contribution in [0.25, 0.3) is 6.08 Å². The highest BCUT2D eigenvalue weighted by molar-refractivity contribution is 6.01. The number of nitrogens with zero attached hydrogens (tertiary/aromatic N) is 1. The third-order valence-electron chi connectivity index (χ3n) is 4.75. The number of benzene rings is 1. The molecule has 1 spiro atoms. The average molecular weight is 315 g/mol. The SMILES string of the molecule is CCN1CCC2(CC1)CC(=O)c1cc(C=CC(=O)O)ccc1O2. The summed E-state index contributed by atoms with van der Waals surface area (Å²) in [4.78, 5) is 25.5. The molecule has 122 valence electrons. The molecule has 5 heteroatoms. The van der Waals surface area contributed by atoms with Crippen molar-refractivity contribution in [2.24, 2.45) is 0 Å². The number of rotatable bonds is 3. The van der Waals surface area contributed by atoms with E-state index in [0.29, 0.717) is 23.3 Å². The molecule has 2 aliphatic rings. The molecule has 0 saturated carbocycles. The van der Waals surface area contributed by atoms with E-state index < -0.39 is 5.97 Å². The van der Waals surface area contributed by atoms with Gasteiger partial charge in [-0.05, 0) is 30.3 Å². The number of fused-ring (bicyclic) bond motifs is 1. The molecule has 1 N–H and O–H groups in total. The minimum Gasteiger partial charge on any atom is -0.486 e. The summed E-state index contributed by atoms with van der Waals surface area (Å²) in [7, 11) is 0. The van der Waals surface area contributed by atoms with Crippen LogP contribution in [0.15, 0.2) is 24.3 Å². The van der Waals surface area contributed by atoms with E-state index in [0.717, 1.165) is 38.6 Å². The van der Waals surface area contributed by atoms with E-state index in [1.165, 1.54) is 6.08 Å². The minimum absolute atomic E-state index is 0.0850. The molecule has 3 rings (SSSR count). The van der Waals surface area contributed by atoms with Gasteiger partial charge in [-0.25, -0.2) is 4.79 Å². The number of aliphatic carboxylic acids is 1. The van der Waals surface area contributed by atoms with Gasteiger partial charge in [-0.3, -0.25) is 4.79 Å². The summed E-state index contributed by atoms with van der Waals surface area (Å²) in [5.41, 5.74) is 0.884. The van der Waals surface area contributed by atoms with Crippen LogP contribution in [-0.2, 0) is 4.79 Å². The van der Waals surface area contributed by atoms with Crippen molar-refractivity contribution >= 4 is 17.8 Å². The quantitative estimate of drug-likeness (QED) is 0.869. The Bertz CT molecular complexity index is 657. The van der Waals surface area contributed by atoms with Crippen molar-refractivity contribution < 1.29 is 19.4 Å². The molecular weight excluding hydrogens is 294 g/mol. The highest BCUT2D eigenvalue weighted by Crippen LogP contribution is 2.39. The van der Waals surface area contributed by atoms with Gasteiger partial charge in [-0.2, -0.15) is 0 Å². The molecule has 0 aliphatic carbocycles. The zero-order valence-electron chi connectivity index (χ0n) is 13.2. The van der Waals surface area contributed by atoms with Crippen molar-refractivity contribution in [3.63, 3.8) is 0 Å². The van der Waals surface area contributed by atoms with Crippen LogP contribution in [0, 0.1) is 0 Å². The van der Waals surface area contributed by atoms with Crippen molar-refractivity contribution in [2.45, 2.75) is 31.8 Å². The van der Waals surface area contributed by atoms with Crippen molar-refractivity contribution in [3.8, 4) is 5.75 Å². The number of carbonyl (C=O) groups is 2. The zero-order chi connectivity index (χ0) is 16.4. The lowest BCUT2D eigenvalue weighted by Gasteiger charge is -2.43. The Morgan fingerprint density at radius 1 is 1.39 bits per heavy atom. The molecule has 5 nitrogen and oxygen atoms in total. The summed E-state index contributed by atoms with van der Waals surface area (Å²) in [5, 5.41) is 8.69. The number of carboxylic acids is 1. The first-order valence-electron chi connectivity index (χ1n) is 8.01. The number of carbonyl (C=O) groups excluding carboxylic acids is 1. The summed E-state index contributed by atoms with van der Waals surface area (Å²) in [5.74, 6) is -0.299. The summed E-state index contributed by atoms with van der Waals surface area (Å²) in [6, 6.07) is 5.28. The van der Waals surface area contributed by atoms with Gasteiger partial charge in [0.15, 0.2) is 5.78 Å². The van der Waals surface area contributed by atoms with Gasteiger partial charge in [0.05, 0.1) is 12.0 Å². The van der Waals surface area contributed by atoms with E-state index in [9.17, 15) is 9.59 Å². The maximum Gasteiger partial charge on any atom is 0.328 e. The van der Waals surface area contributed by atoms with Crippen LogP contribution in [-0.4, -0.2) is 47.0 Å². The molecule has 0 aromatic heterocycles. The maximum absolute atomic E-state index is 12.6. The summed E-state index contributed by atoms with van der Waals surface area (Å²) in [6.07, 6.45) is 4.70. The fourth-order valence-electron chi connectivity index (χ4n) is 3.34. The van der Waals surface area contributed by atoms with Gasteiger partial charge in [0.2, 0.25) is 0 Å². The summed E-state index contributed by atoms with van der Waals surface area (Å²) >= 11 is 0. The van der Waals surface area contributed by atoms with E-state index in [4.69, 9.17) is 9.84 Å². The number of piperidine rings is 1. The summed E-state index contributed by atoms with van der Waals surface area (Å²) in [6.45, 7) is 5.09. The van der Waals surface area contributed by atoms with Gasteiger partial charge >= 0.3 is 5.97 Å². The predicted molar refractivity (Wildman–Crippen MR) is 86.8 cm³/mol. The molecule has 1 fully saturated rings. The molecular formula is C18H21NO4. The van der Waals surface area contributed by atoms with E-state index in [1.54, 1.807) is 18.2 Å². The molecule has 1 saturated heterocycles. The second-order valence-electron chi connectivity index (χ2n) is 6.25. The Morgan fingerprint density at radius 2 is 2.13 bits per heavy atom. The highest BCUT2D eigenvalue weighted by atomic mass is 16.5. The Morgan fingerprint density at radius 3 is 2.78 bits per heavy atom. The molecule has 0 bridgehead atoms. The molecule has 2 aliphatic heterocycles. The van der Waals surface area contributed by atoms with Gasteiger partial charge in [0, 0.05) is 32.0 Å². The first-order valence-corrected chi connectivity index (χ1v) is 8.01. The Kier molecular flexibility index (Phi) is 4.22. The van der Waals surface area contributed by atoms with Crippen LogP contribution in [0.3, 0.4) is 0 Å². The first kappa shape index (κ1) is 15.7. The molecule has 1 aromatic rings. The highest BCUT2D eigenvalue weighted by Gasteiger charge is 2.42. The molecule has 0 atom stereocenters. The molecule has 2 heterocycles. The second-order valence-corrected chi connectivity index (χ2v) is 6.25. The Balaban J connectivity index is 1.82. The average Bonchev–Trinajstić information content (AvgIpc) is 2.54. The number of hydrogen-bond donors (Lipinski definition) is 1. The largest absolute Gasteiger partial charge is 0.486 e. The van der Waals surface area contributed by atoms with Crippen LogP contribution in [0.4, 0.5) is 0 Å². The lowest BCUT2D eigenvalue weighted by Crippen LogP contribution is -2.50. The van der Waals surface area contributed by atoms with E-state index in [2.05, 4.69) is 11.8 Å². The van der Waals surface area contributed by atoms with E-state index in [-0.39, 0.29) is 11.4 Å². The number of likely N-dealkylation sites (tertiary alicyclic amines) is 1. The minimum atomic E-state index is -1.01. The smallest absolute Gasteiger partial charge is 0.328 e. The van der Waals surface area contributed by atoms with Crippen molar-refractivity contribution in [1.29, 1.82) is 0 Å². The van der Waals surface area contributed by atoms with Gasteiger partial charge in [0.1, 0.15) is 11.4 Å². The number of hydrogen-bond acceptors (Lipinski definition) is 4. The van der Waals surface area contributed by atoms with Crippen molar-refractivity contribution in [3.05, 3.63) is 35.4 Å². The maximum atomic E-state index is 12.6. The molecule has 0 radical (unpaired) electrons. The van der Waals surface area contributed by atoms with Crippen molar-refractivity contribution in [1.82, 2.24) is 4.90 Å². The molecule has 0 amide bonds. The van der Waals surface area contributed by atoms with E-state index >= 15 is 0 Å². The third kappa shape index (κ3) is 3.29. The van der Waals surface area contributed by atoms with Crippen LogP contribution in [0.5, 0.6) is 5.75 Å². The monoisotopic (exact) mass is 315 g/mol. The van der Waals surface area contributed by atoms with Gasteiger partial charge in [-0.1, -0.05) is 13.0 Å². The van der Waals surface area contributed by atoms with Crippen molar-refractivity contribution in [2.75, 3.05) is 19.6 Å². The lowest BCUT2D eigenvalue weighted by molar-refractivity contribution is -0.131. The van der Waals surface area contributed by atoms with Gasteiger partial charge in [-0.15, -0.1) is 0 Å².